The molecule has 58 heavy (non-hydrogen) atoms. The van der Waals surface area contributed by atoms with E-state index < -0.39 is 116 Å². The number of aliphatic carboxylic acids is 1. The molecule has 26 heteroatoms. The Balaban J connectivity index is 3.65. The van der Waals surface area contributed by atoms with Crippen LogP contribution >= 0.6 is 0 Å². The zero-order valence-electron chi connectivity index (χ0n) is 32.3. The van der Waals surface area contributed by atoms with Gasteiger partial charge in [0, 0.05) is 19.3 Å². The van der Waals surface area contributed by atoms with Gasteiger partial charge in [0.2, 0.25) is 35.4 Å². The number of hydroxylamine groups is 2. The highest BCUT2D eigenvalue weighted by Crippen LogP contribution is 2.11. The van der Waals surface area contributed by atoms with Crippen molar-refractivity contribution in [1.82, 2.24) is 31.9 Å². The summed E-state index contributed by atoms with van der Waals surface area (Å²) >= 11 is 0. The number of carboxylic acids is 1. The number of unbranched alkanes of at least 4 members (excludes halogenated alkanes) is 4. The topological polar surface area (TPSA) is 396 Å². The molecule has 0 aromatic heterocycles. The van der Waals surface area contributed by atoms with Crippen molar-refractivity contribution >= 4 is 47.4 Å². The maximum Gasteiger partial charge on any atom is 0.335 e. The lowest BCUT2D eigenvalue weighted by Crippen LogP contribution is -2.64. The highest BCUT2D eigenvalue weighted by molar-refractivity contribution is 5.98. The van der Waals surface area contributed by atoms with Gasteiger partial charge in [0.1, 0.15) is 36.3 Å². The van der Waals surface area contributed by atoms with Crippen molar-refractivity contribution in [3.63, 3.8) is 0 Å². The highest BCUT2D eigenvalue weighted by atomic mass is 16.6. The standard InChI is InChI=1S/C32H54N10O16/c1-4-5-6-7-8-13-21(44)36-25(26(46)31(51)52)30(50)38-24-18(3)58-32(53)20(12-10-15-42(57)40-55)34-22(45)16-33-27(47)19(11-9-14-41(56)39-54)35-28(48)23(17(2)43)37-29(24)49/h17-20,23-26,43,46,54-55H,4-16H2,1-3H3,(H,33,47)(H,34,45)(H,35,48)(H,36,44)(H,37,49)(H,38,50)(H,51,52)/t17-,18+,19+,20+,23+,24-,25+,26+/m0/s1. The van der Waals surface area contributed by atoms with Gasteiger partial charge in [0.25, 0.3) is 0 Å². The fourth-order valence-electron chi connectivity index (χ4n) is 5.45. The first kappa shape index (κ1) is 50.1. The first-order valence-electron chi connectivity index (χ1n) is 18.5. The molecule has 26 nitrogen and oxygen atoms in total. The fraction of sp³-hybridized carbons (Fsp3) is 0.750. The van der Waals surface area contributed by atoms with Crippen molar-refractivity contribution in [3.05, 3.63) is 10.4 Å². The third kappa shape index (κ3) is 17.9. The van der Waals surface area contributed by atoms with Crippen LogP contribution in [0.2, 0.25) is 0 Å². The number of rotatable bonds is 20. The van der Waals surface area contributed by atoms with Crippen LogP contribution in [0, 0.1) is 10.4 Å². The number of carboxylic acid groups (broad SMARTS) is 1. The quantitative estimate of drug-likeness (QED) is 0.0190. The van der Waals surface area contributed by atoms with E-state index in [-0.39, 0.29) is 41.8 Å². The SMILES string of the molecule is CCCCCCCC(=O)N[C@@H](C(=O)N[C@@H]1C(=O)N[C@H]([C@H](C)O)C(=O)N[C@H](CCC[N+]([O-])=NO)C(=O)NCC(=O)N[C@H](CCC[N+]([O-])=NO)C(=O)O[C@@H]1C)[C@@H](O)C(=O)O. The smallest absolute Gasteiger partial charge is 0.335 e. The molecular formula is C32H54N10O16. The van der Waals surface area contributed by atoms with E-state index in [1.54, 1.807) is 0 Å². The van der Waals surface area contributed by atoms with Crippen LogP contribution < -0.4 is 31.9 Å². The Labute approximate surface area is 331 Å². The Bertz CT molecular complexity index is 1500. The molecule has 6 amide bonds. The van der Waals surface area contributed by atoms with Crippen molar-refractivity contribution in [2.75, 3.05) is 19.6 Å². The molecule has 0 aromatic rings. The number of esters is 1. The first-order valence-corrected chi connectivity index (χ1v) is 18.5. The Morgan fingerprint density at radius 3 is 2.00 bits per heavy atom. The molecule has 0 radical (unpaired) electrons. The van der Waals surface area contributed by atoms with Gasteiger partial charge >= 0.3 is 11.9 Å². The van der Waals surface area contributed by atoms with Crippen molar-refractivity contribution in [1.29, 1.82) is 0 Å². The number of hydrogen-bond donors (Lipinski definition) is 11. The number of hydrogen-bond acceptors (Lipinski definition) is 15. The van der Waals surface area contributed by atoms with E-state index in [4.69, 9.17) is 15.2 Å². The number of nitrogens with one attached hydrogen (secondary N) is 6. The van der Waals surface area contributed by atoms with Gasteiger partial charge in [-0.2, -0.15) is 0 Å². The summed E-state index contributed by atoms with van der Waals surface area (Å²) in [6.07, 6.45) is -3.64. The van der Waals surface area contributed by atoms with Gasteiger partial charge in [0.15, 0.2) is 29.7 Å². The Morgan fingerprint density at radius 1 is 0.862 bits per heavy atom. The summed E-state index contributed by atoms with van der Waals surface area (Å²) in [5, 5.41) is 88.7. The second kappa shape index (κ2) is 26.1. The van der Waals surface area contributed by atoms with Crippen LogP contribution in [0.15, 0.2) is 10.6 Å². The lowest BCUT2D eigenvalue weighted by atomic mass is 10.0. The summed E-state index contributed by atoms with van der Waals surface area (Å²) < 4.78 is 5.40. The molecule has 1 saturated heterocycles. The van der Waals surface area contributed by atoms with Crippen molar-refractivity contribution in [3.8, 4) is 0 Å². The Morgan fingerprint density at radius 2 is 1.45 bits per heavy atom. The van der Waals surface area contributed by atoms with Gasteiger partial charge in [-0.1, -0.05) is 42.3 Å². The van der Waals surface area contributed by atoms with E-state index in [0.717, 1.165) is 33.1 Å². The predicted octanol–water partition coefficient (Wildman–Crippen LogP) is -3.08. The van der Waals surface area contributed by atoms with E-state index in [2.05, 4.69) is 42.5 Å². The number of carbonyl (C=O) groups is 8. The molecule has 1 rings (SSSR count). The van der Waals surface area contributed by atoms with E-state index in [9.17, 15) is 64.1 Å². The minimum atomic E-state index is -2.55. The summed E-state index contributed by atoms with van der Waals surface area (Å²) in [4.78, 5) is 105. The zero-order valence-corrected chi connectivity index (χ0v) is 32.3. The molecule has 8 atom stereocenters. The van der Waals surface area contributed by atoms with Gasteiger partial charge in [-0.15, -0.1) is 0 Å². The normalized spacial score (nSPS) is 23.2. The van der Waals surface area contributed by atoms with E-state index in [0.29, 0.717) is 12.8 Å². The van der Waals surface area contributed by atoms with Gasteiger partial charge in [-0.25, -0.2) is 9.59 Å². The number of ether oxygens (including phenoxy) is 1. The molecular weight excluding hydrogens is 780 g/mol. The predicted molar refractivity (Wildman–Crippen MR) is 191 cm³/mol. The second-order valence-corrected chi connectivity index (χ2v) is 13.4. The van der Waals surface area contributed by atoms with Crippen LogP contribution in [0.25, 0.3) is 0 Å². The van der Waals surface area contributed by atoms with Crippen LogP contribution in [-0.4, -0.2) is 151 Å². The molecule has 11 N–H and O–H groups in total. The molecule has 0 saturated carbocycles. The molecule has 1 aliphatic rings. The van der Waals surface area contributed by atoms with Crippen LogP contribution in [0.4, 0.5) is 0 Å². The monoisotopic (exact) mass is 834 g/mol. The zero-order chi connectivity index (χ0) is 43.9. The van der Waals surface area contributed by atoms with E-state index in [1.807, 2.05) is 6.92 Å². The van der Waals surface area contributed by atoms with Crippen LogP contribution in [0.5, 0.6) is 0 Å². The molecule has 0 bridgehead atoms. The number of aliphatic hydroxyl groups excluding tert-OH is 2. The molecule has 328 valence electrons. The molecule has 1 fully saturated rings. The summed E-state index contributed by atoms with van der Waals surface area (Å²) in [6, 6.07) is -9.38. The van der Waals surface area contributed by atoms with Crippen LogP contribution in [0.1, 0.15) is 85.0 Å². The number of cyclic esters (lactones) is 1. The van der Waals surface area contributed by atoms with Crippen molar-refractivity contribution < 1.29 is 78.5 Å². The summed E-state index contributed by atoms with van der Waals surface area (Å²) in [7, 11) is 0. The summed E-state index contributed by atoms with van der Waals surface area (Å²) in [5.41, 5.74) is 0. The molecule has 0 aliphatic carbocycles. The lowest BCUT2D eigenvalue weighted by molar-refractivity contribution is -0.556. The minimum absolute atomic E-state index is 0.128. The summed E-state index contributed by atoms with van der Waals surface area (Å²) in [6.45, 7) is 2.36. The minimum Gasteiger partial charge on any atom is -0.597 e. The van der Waals surface area contributed by atoms with Gasteiger partial charge in [-0.3, -0.25) is 28.8 Å². The van der Waals surface area contributed by atoms with Crippen molar-refractivity contribution in [2.45, 2.75) is 134 Å². The third-order valence-electron chi connectivity index (χ3n) is 8.65. The van der Waals surface area contributed by atoms with Gasteiger partial charge in [-0.05, 0) is 33.1 Å². The summed E-state index contributed by atoms with van der Waals surface area (Å²) in [5.74, 6) is -10.1. The van der Waals surface area contributed by atoms with Crippen molar-refractivity contribution in [2.24, 2.45) is 10.6 Å². The molecule has 1 heterocycles. The van der Waals surface area contributed by atoms with E-state index in [1.165, 1.54) is 0 Å². The lowest BCUT2D eigenvalue weighted by Gasteiger charge is -2.31. The maximum absolute atomic E-state index is 13.9. The number of amides is 6. The average Bonchev–Trinajstić information content (AvgIpc) is 3.17. The maximum atomic E-state index is 13.9. The van der Waals surface area contributed by atoms with Gasteiger partial charge in [0.05, 0.1) is 12.6 Å². The highest BCUT2D eigenvalue weighted by Gasteiger charge is 2.40. The Hall–Kier alpha value is -5.92. The largest absolute Gasteiger partial charge is 0.597 e. The fourth-order valence-corrected chi connectivity index (χ4v) is 5.45. The van der Waals surface area contributed by atoms with Crippen LogP contribution in [0.3, 0.4) is 0 Å². The van der Waals surface area contributed by atoms with Crippen LogP contribution in [-0.2, 0) is 43.1 Å². The Kier molecular flexibility index (Phi) is 22.5. The molecule has 1 aliphatic heterocycles. The van der Waals surface area contributed by atoms with E-state index >= 15 is 0 Å². The third-order valence-corrected chi connectivity index (χ3v) is 8.65. The molecule has 0 spiro atoms. The second-order valence-electron chi connectivity index (χ2n) is 13.4. The number of nitrogens with zero attached hydrogens (tertiary/aromatic N) is 4. The molecule has 0 unspecified atom stereocenters. The average molecular weight is 835 g/mol. The first-order chi connectivity index (χ1) is 27.4. The number of carbonyl (C=O) groups excluding carboxylic acids is 7. The molecule has 0 aromatic carbocycles. The van der Waals surface area contributed by atoms with Gasteiger partial charge < -0.3 is 72.8 Å². The number of aliphatic hydroxyl groups is 2.